The van der Waals surface area contributed by atoms with Crippen molar-refractivity contribution >= 4 is 64.4 Å². The van der Waals surface area contributed by atoms with Crippen molar-refractivity contribution in [3.8, 4) is 17.2 Å². The van der Waals surface area contributed by atoms with Crippen LogP contribution in [0.3, 0.4) is 0 Å². The first-order valence-corrected chi connectivity index (χ1v) is 31.4. The van der Waals surface area contributed by atoms with Crippen molar-refractivity contribution in [3.63, 3.8) is 0 Å². The number of carbonyl (C=O) groups excluding carboxylic acids is 2. The molecule has 82 heavy (non-hydrogen) atoms. The third-order valence-corrected chi connectivity index (χ3v) is 25.8. The Bertz CT molecular complexity index is 3130. The molecule has 0 aliphatic rings. The zero-order valence-electron chi connectivity index (χ0n) is 45.0. The SMILES string of the molecule is CCCOc1ccc(C(=O)CP(OB(Oc2cc(C(F)(F)F)cc(C(F)(F)F)c2)OP(CC(=O)c2ccc(OCCC)cc2)(c2ccccc2)(c2ccccc2)c2ccccc2)(c2ccccc2)(c2ccccc2)c2ccccc2)cc1. The standard InChI is InChI=1S/C66H59BF6O7P2/c1-3-43-76-54-39-35-50(36-40-54)63(74)48-81(57-23-11-5-12-24-57,58-25-13-6-14-26-58,59-27-15-7-16-28-59)79-67(78-56-46-52(65(68,69)70)45-53(47-56)66(71,72)73)80-82(60-29-17-8-18-30-60,61-31-19-9-20-32-61,62-33-21-10-22-34-62)49-64(75)51-37-41-55(42-38-51)77-44-4-2/h5-42,45-47H,3-4,43-44,48-49H2,1-2H3. The van der Waals surface area contributed by atoms with Gasteiger partial charge in [-0.25, -0.2) is 0 Å². The van der Waals surface area contributed by atoms with Gasteiger partial charge in [0.1, 0.15) is 0 Å². The quantitative estimate of drug-likeness (QED) is 0.0258. The minimum absolute atomic E-state index is 0.00783. The zero-order valence-corrected chi connectivity index (χ0v) is 46.8. The van der Waals surface area contributed by atoms with Crippen LogP contribution in [0.15, 0.2) is 249 Å². The molecule has 9 aromatic carbocycles. The van der Waals surface area contributed by atoms with Crippen LogP contribution < -0.4 is 46.0 Å². The van der Waals surface area contributed by atoms with Crippen molar-refractivity contribution in [2.24, 2.45) is 0 Å². The number of halogens is 6. The van der Waals surface area contributed by atoms with Gasteiger partial charge < -0.3 is 0 Å². The van der Waals surface area contributed by atoms with E-state index in [1.807, 2.05) is 13.8 Å². The number of hydrogen-bond acceptors (Lipinski definition) is 7. The second-order valence-corrected chi connectivity index (χ2v) is 28.7. The van der Waals surface area contributed by atoms with E-state index in [0.717, 1.165) is 12.8 Å². The van der Waals surface area contributed by atoms with E-state index in [0.29, 0.717) is 68.7 Å². The van der Waals surface area contributed by atoms with E-state index in [2.05, 4.69) is 0 Å². The number of rotatable bonds is 24. The maximum atomic E-state index is 15.9. The molecule has 0 N–H and O–H groups in total. The maximum absolute atomic E-state index is 15.9. The van der Waals surface area contributed by atoms with E-state index in [4.69, 9.17) is 23.0 Å². The first kappa shape index (κ1) is 58.8. The van der Waals surface area contributed by atoms with Crippen LogP contribution in [0.25, 0.3) is 0 Å². The molecule has 0 aliphatic carbocycles. The fourth-order valence-electron chi connectivity index (χ4n) is 10.5. The molecule has 0 aromatic heterocycles. The van der Waals surface area contributed by atoms with Gasteiger partial charge in [0.25, 0.3) is 0 Å². The molecule has 0 fully saturated rings. The van der Waals surface area contributed by atoms with Crippen LogP contribution in [-0.4, -0.2) is 44.4 Å². The average Bonchev–Trinajstić information content (AvgIpc) is 3.56. The second kappa shape index (κ2) is 24.7. The van der Waals surface area contributed by atoms with Gasteiger partial charge in [-0.1, -0.05) is 0 Å². The van der Waals surface area contributed by atoms with Crippen molar-refractivity contribution < 1.29 is 58.9 Å². The van der Waals surface area contributed by atoms with Crippen molar-refractivity contribution in [2.75, 3.05) is 25.5 Å². The molecular weight excluding hydrogens is 1090 g/mol. The van der Waals surface area contributed by atoms with Crippen LogP contribution in [0, 0.1) is 0 Å². The summed E-state index contributed by atoms with van der Waals surface area (Å²) in [6, 6.07) is 67.2. The molecule has 0 amide bonds. The number of carbonyl (C=O) groups is 2. The Morgan fingerprint density at radius 1 is 0.378 bits per heavy atom. The normalized spacial score (nSPS) is 12.9. The Hall–Kier alpha value is -7.86. The second-order valence-electron chi connectivity index (χ2n) is 19.7. The third-order valence-electron chi connectivity index (χ3n) is 14.4. The third kappa shape index (κ3) is 11.8. The molecule has 0 unspecified atom stereocenters. The van der Waals surface area contributed by atoms with Gasteiger partial charge in [-0.3, -0.25) is 0 Å². The van der Waals surface area contributed by atoms with E-state index < -0.39 is 74.1 Å². The predicted molar refractivity (Wildman–Crippen MR) is 318 cm³/mol. The van der Waals surface area contributed by atoms with Gasteiger partial charge in [-0.05, 0) is 0 Å². The summed E-state index contributed by atoms with van der Waals surface area (Å²) < 4.78 is 125. The minimum atomic E-state index is -5.35. The Morgan fingerprint density at radius 2 is 0.646 bits per heavy atom. The molecule has 7 nitrogen and oxygen atoms in total. The van der Waals surface area contributed by atoms with Gasteiger partial charge >= 0.3 is 476 Å². The monoisotopic (exact) mass is 1150 g/mol. The summed E-state index contributed by atoms with van der Waals surface area (Å²) in [6.07, 6.45) is -10.1. The summed E-state index contributed by atoms with van der Waals surface area (Å²) in [7, 11) is -2.41. The molecule has 0 aliphatic heterocycles. The molecule has 9 rings (SSSR count). The van der Waals surface area contributed by atoms with Crippen LogP contribution >= 0.6 is 13.7 Å². The molecule has 0 saturated carbocycles. The van der Waals surface area contributed by atoms with Crippen LogP contribution in [0.1, 0.15) is 58.5 Å². The van der Waals surface area contributed by atoms with Gasteiger partial charge in [0.05, 0.1) is 0 Å². The molecule has 16 heteroatoms. The Balaban J connectivity index is 1.43. The van der Waals surface area contributed by atoms with Crippen molar-refractivity contribution in [3.05, 3.63) is 271 Å². The molecule has 0 saturated heterocycles. The van der Waals surface area contributed by atoms with Crippen molar-refractivity contribution in [2.45, 2.75) is 39.0 Å². The van der Waals surface area contributed by atoms with Crippen molar-refractivity contribution in [1.82, 2.24) is 0 Å². The summed E-state index contributed by atoms with van der Waals surface area (Å²) in [4.78, 5) is 31.8. The van der Waals surface area contributed by atoms with E-state index in [-0.39, 0.29) is 17.2 Å². The summed E-state index contributed by atoms with van der Waals surface area (Å²) >= 11 is 0. The summed E-state index contributed by atoms with van der Waals surface area (Å²) in [6.45, 7) is -5.90. The molecule has 0 heterocycles. The summed E-state index contributed by atoms with van der Waals surface area (Å²) in [5.41, 5.74) is -2.86. The first-order valence-electron chi connectivity index (χ1n) is 26.7. The van der Waals surface area contributed by atoms with E-state index in [1.165, 1.54) is 0 Å². The van der Waals surface area contributed by atoms with E-state index >= 15 is 35.9 Å². The Kier molecular flexibility index (Phi) is 17.7. The number of hydrogen-bond donors (Lipinski definition) is 0. The molecule has 9 aromatic rings. The number of benzene rings is 9. The Morgan fingerprint density at radius 3 is 0.890 bits per heavy atom. The fraction of sp³-hybridized carbons (Fsp3) is 0.152. The van der Waals surface area contributed by atoms with Gasteiger partial charge in [-0.2, -0.15) is 0 Å². The zero-order chi connectivity index (χ0) is 57.9. The number of ketones is 2. The van der Waals surface area contributed by atoms with Crippen LogP contribution in [0.2, 0.25) is 0 Å². The van der Waals surface area contributed by atoms with Crippen LogP contribution in [0.5, 0.6) is 17.2 Å². The van der Waals surface area contributed by atoms with Gasteiger partial charge in [0.2, 0.25) is 0 Å². The average molecular weight is 1150 g/mol. The number of alkyl halides is 6. The fourth-order valence-corrected chi connectivity index (χ4v) is 21.6. The molecule has 0 radical (unpaired) electrons. The van der Waals surface area contributed by atoms with Crippen LogP contribution in [0.4, 0.5) is 26.3 Å². The van der Waals surface area contributed by atoms with Gasteiger partial charge in [0.15, 0.2) is 0 Å². The van der Waals surface area contributed by atoms with Crippen molar-refractivity contribution in [1.29, 1.82) is 0 Å². The molecule has 0 bridgehead atoms. The molecule has 420 valence electrons. The topological polar surface area (TPSA) is 80.3 Å². The van der Waals surface area contributed by atoms with E-state index in [9.17, 15) is 0 Å². The van der Waals surface area contributed by atoms with Gasteiger partial charge in [-0.15, -0.1) is 0 Å². The van der Waals surface area contributed by atoms with Crippen LogP contribution in [-0.2, 0) is 21.2 Å². The molecule has 0 atom stereocenters. The Labute approximate surface area is 474 Å². The summed E-state index contributed by atoms with van der Waals surface area (Å²) in [5, 5.41) is 2.50. The van der Waals surface area contributed by atoms with Gasteiger partial charge in [0, 0.05) is 0 Å². The predicted octanol–water partition coefficient (Wildman–Crippen LogP) is 14.4. The first-order chi connectivity index (χ1) is 39.5. The molecule has 0 spiro atoms. The molecular formula is C66H59BF6O7P2. The number of ether oxygens (including phenoxy) is 2. The van der Waals surface area contributed by atoms with E-state index in [1.54, 1.807) is 231 Å². The number of Topliss-reactive ketones (excluding diaryl/α,β-unsaturated/α-hetero) is 2. The summed E-state index contributed by atoms with van der Waals surface area (Å²) in [5.74, 6) is -0.811.